The number of benzene rings is 1. The summed E-state index contributed by atoms with van der Waals surface area (Å²) in [7, 11) is 0. The second-order valence-corrected chi connectivity index (χ2v) is 4.07. The molecule has 1 unspecified atom stereocenters. The molecule has 0 bridgehead atoms. The Kier molecular flexibility index (Phi) is 5.64. The maximum atomic E-state index is 11.5. The number of esters is 1. The lowest BCUT2D eigenvalue weighted by atomic mass is 9.98. The summed E-state index contributed by atoms with van der Waals surface area (Å²) in [5.41, 5.74) is 0.313. The first-order chi connectivity index (χ1) is 9.47. The van der Waals surface area contributed by atoms with E-state index in [0.717, 1.165) is 0 Å². The Morgan fingerprint density at radius 2 is 2.05 bits per heavy atom. The molecule has 0 saturated heterocycles. The molecule has 0 radical (unpaired) electrons. The molecule has 1 N–H and O–H groups in total. The number of ether oxygens (including phenoxy) is 1. The molecule has 108 valence electrons. The third-order valence-corrected chi connectivity index (χ3v) is 2.76. The van der Waals surface area contributed by atoms with E-state index in [4.69, 9.17) is 5.11 Å². The van der Waals surface area contributed by atoms with Crippen molar-refractivity contribution in [3.8, 4) is 0 Å². The number of aryl methyl sites for hydroxylation is 1. The van der Waals surface area contributed by atoms with E-state index in [9.17, 15) is 19.7 Å². The van der Waals surface area contributed by atoms with E-state index < -0.39 is 22.8 Å². The van der Waals surface area contributed by atoms with Crippen LogP contribution in [-0.4, -0.2) is 28.6 Å². The molecule has 0 aliphatic heterocycles. The molecular weight excluding hydrogens is 266 g/mol. The fraction of sp³-hybridized carbons (Fsp3) is 0.385. The number of nitrogens with zero attached hydrogens (tertiary/aromatic N) is 1. The quantitative estimate of drug-likeness (QED) is 0.353. The highest BCUT2D eigenvalue weighted by molar-refractivity contribution is 5.93. The van der Waals surface area contributed by atoms with E-state index >= 15 is 0 Å². The summed E-state index contributed by atoms with van der Waals surface area (Å²) in [5.74, 6) is -3.42. The van der Waals surface area contributed by atoms with Crippen LogP contribution in [0.15, 0.2) is 24.3 Å². The summed E-state index contributed by atoms with van der Waals surface area (Å²) < 4.78 is 4.68. The molecule has 1 aromatic carbocycles. The van der Waals surface area contributed by atoms with Gasteiger partial charge in [-0.1, -0.05) is 18.2 Å². The van der Waals surface area contributed by atoms with Gasteiger partial charge in [-0.2, -0.15) is 0 Å². The summed E-state index contributed by atoms with van der Waals surface area (Å²) in [6.45, 7) is 1.67. The molecule has 1 rings (SSSR count). The molecule has 7 nitrogen and oxygen atoms in total. The Bertz CT molecular complexity index is 513. The number of carboxylic acids is 1. The first kappa shape index (κ1) is 15.6. The van der Waals surface area contributed by atoms with Gasteiger partial charge in [-0.15, -0.1) is 0 Å². The molecular formula is C13H15NO6. The fourth-order valence-corrected chi connectivity index (χ4v) is 1.79. The number of rotatable bonds is 7. The van der Waals surface area contributed by atoms with Crippen molar-refractivity contribution in [2.24, 2.45) is 5.92 Å². The zero-order valence-corrected chi connectivity index (χ0v) is 10.9. The molecule has 0 amide bonds. The molecule has 0 saturated carbocycles. The molecule has 20 heavy (non-hydrogen) atoms. The Morgan fingerprint density at radius 3 is 2.60 bits per heavy atom. The number of carboxylic acid groups (broad SMARTS) is 1. The van der Waals surface area contributed by atoms with Crippen molar-refractivity contribution in [2.45, 2.75) is 19.8 Å². The standard InChI is InChI=1S/C13H15NO6/c1-2-20-13(17)10(12(15)16)8-7-9-5-3-4-6-11(9)14(18)19/h3-6,10H,2,7-8H2,1H3,(H,15,16). The second kappa shape index (κ2) is 7.22. The van der Waals surface area contributed by atoms with Gasteiger partial charge in [-0.25, -0.2) is 0 Å². The Balaban J connectivity index is 2.80. The normalized spacial score (nSPS) is 11.7. The lowest BCUT2D eigenvalue weighted by Crippen LogP contribution is -2.26. The number of nitro benzene ring substituents is 1. The molecule has 7 heteroatoms. The van der Waals surface area contributed by atoms with Crippen LogP contribution in [0.3, 0.4) is 0 Å². The Morgan fingerprint density at radius 1 is 1.40 bits per heavy atom. The van der Waals surface area contributed by atoms with Gasteiger partial charge in [-0.05, 0) is 19.8 Å². The summed E-state index contributed by atoms with van der Waals surface area (Å²) in [5, 5.41) is 19.8. The third kappa shape index (κ3) is 4.04. The maximum Gasteiger partial charge on any atom is 0.320 e. The molecule has 1 atom stereocenters. The molecule has 0 heterocycles. The van der Waals surface area contributed by atoms with Gasteiger partial charge in [0.25, 0.3) is 5.69 Å². The van der Waals surface area contributed by atoms with Crippen LogP contribution in [0.1, 0.15) is 18.9 Å². The van der Waals surface area contributed by atoms with Crippen LogP contribution in [0.2, 0.25) is 0 Å². The molecule has 0 spiro atoms. The van der Waals surface area contributed by atoms with Crippen molar-refractivity contribution >= 4 is 17.6 Å². The van der Waals surface area contributed by atoms with Gasteiger partial charge < -0.3 is 9.84 Å². The predicted octanol–water partition coefficient (Wildman–Crippen LogP) is 1.79. The predicted molar refractivity (Wildman–Crippen MR) is 69.2 cm³/mol. The number of carbonyl (C=O) groups excluding carboxylic acids is 1. The van der Waals surface area contributed by atoms with Gasteiger partial charge in [0, 0.05) is 11.6 Å². The average Bonchev–Trinajstić information content (AvgIpc) is 2.39. The first-order valence-corrected chi connectivity index (χ1v) is 6.09. The van der Waals surface area contributed by atoms with Crippen LogP contribution < -0.4 is 0 Å². The van der Waals surface area contributed by atoms with Crippen LogP contribution in [0.5, 0.6) is 0 Å². The maximum absolute atomic E-state index is 11.5. The molecule has 0 fully saturated rings. The Hall–Kier alpha value is -2.44. The summed E-state index contributed by atoms with van der Waals surface area (Å²) >= 11 is 0. The van der Waals surface area contributed by atoms with Crippen molar-refractivity contribution in [3.63, 3.8) is 0 Å². The lowest BCUT2D eigenvalue weighted by Gasteiger charge is -2.11. The Labute approximate surface area is 115 Å². The monoisotopic (exact) mass is 281 g/mol. The zero-order valence-electron chi connectivity index (χ0n) is 10.9. The largest absolute Gasteiger partial charge is 0.481 e. The number of carbonyl (C=O) groups is 2. The van der Waals surface area contributed by atoms with Gasteiger partial charge in [0.15, 0.2) is 5.92 Å². The van der Waals surface area contributed by atoms with Crippen molar-refractivity contribution in [1.29, 1.82) is 0 Å². The van der Waals surface area contributed by atoms with E-state index in [1.807, 2.05) is 0 Å². The summed E-state index contributed by atoms with van der Waals surface area (Å²) in [4.78, 5) is 32.8. The topological polar surface area (TPSA) is 107 Å². The highest BCUT2D eigenvalue weighted by Gasteiger charge is 2.28. The smallest absolute Gasteiger partial charge is 0.320 e. The lowest BCUT2D eigenvalue weighted by molar-refractivity contribution is -0.385. The van der Waals surface area contributed by atoms with Crippen LogP contribution in [0, 0.1) is 16.0 Å². The molecule has 0 aliphatic rings. The summed E-state index contributed by atoms with van der Waals surface area (Å²) in [6.07, 6.45) is 0.0754. The van der Waals surface area contributed by atoms with E-state index in [2.05, 4.69) is 4.74 Å². The third-order valence-electron chi connectivity index (χ3n) is 2.76. The van der Waals surface area contributed by atoms with Crippen molar-refractivity contribution in [3.05, 3.63) is 39.9 Å². The minimum Gasteiger partial charge on any atom is -0.481 e. The van der Waals surface area contributed by atoms with E-state index in [0.29, 0.717) is 5.56 Å². The van der Waals surface area contributed by atoms with Gasteiger partial charge in [0.2, 0.25) is 0 Å². The highest BCUT2D eigenvalue weighted by Crippen LogP contribution is 2.21. The summed E-state index contributed by atoms with van der Waals surface area (Å²) in [6, 6.07) is 6.04. The average molecular weight is 281 g/mol. The van der Waals surface area contributed by atoms with Gasteiger partial charge in [-0.3, -0.25) is 19.7 Å². The van der Waals surface area contributed by atoms with Crippen molar-refractivity contribution in [1.82, 2.24) is 0 Å². The van der Waals surface area contributed by atoms with Crippen molar-refractivity contribution < 1.29 is 24.4 Å². The molecule has 0 aromatic heterocycles. The van der Waals surface area contributed by atoms with Gasteiger partial charge in [0.05, 0.1) is 11.5 Å². The first-order valence-electron chi connectivity index (χ1n) is 6.09. The number of hydrogen-bond acceptors (Lipinski definition) is 5. The van der Waals surface area contributed by atoms with E-state index in [-0.39, 0.29) is 25.1 Å². The minimum absolute atomic E-state index is 0.0426. The number of aliphatic carboxylic acids is 1. The van der Waals surface area contributed by atoms with Crippen LogP contribution in [0.25, 0.3) is 0 Å². The minimum atomic E-state index is -1.31. The molecule has 1 aromatic rings. The van der Waals surface area contributed by atoms with E-state index in [1.54, 1.807) is 19.1 Å². The van der Waals surface area contributed by atoms with E-state index in [1.165, 1.54) is 12.1 Å². The number of para-hydroxylation sites is 1. The van der Waals surface area contributed by atoms with Gasteiger partial charge >= 0.3 is 11.9 Å². The zero-order chi connectivity index (χ0) is 15.1. The van der Waals surface area contributed by atoms with Crippen molar-refractivity contribution in [2.75, 3.05) is 6.61 Å². The van der Waals surface area contributed by atoms with Crippen LogP contribution >= 0.6 is 0 Å². The van der Waals surface area contributed by atoms with Crippen LogP contribution in [0.4, 0.5) is 5.69 Å². The fourth-order valence-electron chi connectivity index (χ4n) is 1.79. The molecule has 0 aliphatic carbocycles. The second-order valence-electron chi connectivity index (χ2n) is 4.07. The number of hydrogen-bond donors (Lipinski definition) is 1. The SMILES string of the molecule is CCOC(=O)C(CCc1ccccc1[N+](=O)[O-])C(=O)O. The number of nitro groups is 1. The van der Waals surface area contributed by atoms with Gasteiger partial charge in [0.1, 0.15) is 0 Å². The van der Waals surface area contributed by atoms with Crippen LogP contribution in [-0.2, 0) is 20.7 Å². The highest BCUT2D eigenvalue weighted by atomic mass is 16.6.